The quantitative estimate of drug-likeness (QED) is 0.488. The Morgan fingerprint density at radius 2 is 2.38 bits per heavy atom. The third-order valence-electron chi connectivity index (χ3n) is 0.792. The van der Waals surface area contributed by atoms with Crippen LogP contribution in [0.15, 0.2) is 22.3 Å². The van der Waals surface area contributed by atoms with Crippen molar-refractivity contribution in [3.63, 3.8) is 0 Å². The van der Waals surface area contributed by atoms with Crippen LogP contribution in [0.2, 0.25) is 0 Å². The van der Waals surface area contributed by atoms with Gasteiger partial charge in [0.15, 0.2) is 0 Å². The Labute approximate surface area is 64.0 Å². The van der Waals surface area contributed by atoms with Gasteiger partial charge in [-0.3, -0.25) is 0 Å². The molecule has 0 saturated heterocycles. The van der Waals surface area contributed by atoms with E-state index < -0.39 is 0 Å². The minimum Gasteiger partial charge on any atom is -0.121 e. The lowest BCUT2D eigenvalue weighted by molar-refractivity contribution is 1.95. The standard InChI is InChI=1S/C6H6ClI/c7-5-6-3-1-2-4-8-6/h1-4H,5H2. The fourth-order valence-electron chi connectivity index (χ4n) is 0.429. The maximum Gasteiger partial charge on any atom is 0.0528 e. The Morgan fingerprint density at radius 1 is 1.50 bits per heavy atom. The van der Waals surface area contributed by atoms with Crippen molar-refractivity contribution >= 4 is 35.8 Å². The van der Waals surface area contributed by atoms with Crippen LogP contribution < -0.4 is 0 Å². The lowest BCUT2D eigenvalue weighted by Gasteiger charge is -1.92. The van der Waals surface area contributed by atoms with E-state index in [4.69, 9.17) is 11.6 Å². The summed E-state index contributed by atoms with van der Waals surface area (Å²) < 4.78 is 3.63. The molecule has 0 aromatic carbocycles. The molecular weight excluding hydrogens is 234 g/mol. The molecule has 0 saturated carbocycles. The first-order valence-corrected chi connectivity index (χ1v) is 5.18. The number of halogens is 2. The van der Waals surface area contributed by atoms with Gasteiger partial charge in [-0.25, -0.2) is 0 Å². The predicted molar refractivity (Wildman–Crippen MR) is 48.0 cm³/mol. The van der Waals surface area contributed by atoms with Gasteiger partial charge in [0, 0.05) is 3.51 Å². The van der Waals surface area contributed by atoms with Crippen LogP contribution in [-0.4, -0.2) is 9.39 Å². The van der Waals surface area contributed by atoms with Crippen molar-refractivity contribution in [1.29, 1.82) is 0 Å². The molecule has 2 heteroatoms. The molecule has 0 unspecified atom stereocenters. The molecule has 1 aliphatic heterocycles. The van der Waals surface area contributed by atoms with Gasteiger partial charge in [0.2, 0.25) is 0 Å². The first kappa shape index (κ1) is 6.49. The summed E-state index contributed by atoms with van der Waals surface area (Å²) in [5.74, 6) is 0.716. The zero-order valence-electron chi connectivity index (χ0n) is 4.27. The molecule has 0 atom stereocenters. The summed E-state index contributed by atoms with van der Waals surface area (Å²) in [6.45, 7) is 0. The summed E-state index contributed by atoms with van der Waals surface area (Å²) in [7, 11) is 0. The van der Waals surface area contributed by atoms with Crippen molar-refractivity contribution in [2.24, 2.45) is 0 Å². The van der Waals surface area contributed by atoms with E-state index in [2.05, 4.69) is 16.2 Å². The van der Waals surface area contributed by atoms with Crippen LogP contribution in [0.5, 0.6) is 0 Å². The Bertz CT molecular complexity index is 156. The van der Waals surface area contributed by atoms with Crippen molar-refractivity contribution < 1.29 is 0 Å². The van der Waals surface area contributed by atoms with Crippen LogP contribution >= 0.6 is 32.3 Å². The highest BCUT2D eigenvalue weighted by molar-refractivity contribution is 14.2. The molecule has 0 radical (unpaired) electrons. The zero-order chi connectivity index (χ0) is 5.82. The molecule has 1 aliphatic rings. The maximum atomic E-state index is 5.59. The highest BCUT2D eigenvalue weighted by Crippen LogP contribution is 2.09. The van der Waals surface area contributed by atoms with Crippen LogP contribution in [0.1, 0.15) is 0 Å². The summed E-state index contributed by atoms with van der Waals surface area (Å²) >= 11 is 5.75. The number of alkyl halides is 1. The molecule has 8 heavy (non-hydrogen) atoms. The number of hydrogen-bond donors (Lipinski definition) is 0. The van der Waals surface area contributed by atoms with Crippen molar-refractivity contribution in [3.8, 4) is 0 Å². The Kier molecular flexibility index (Phi) is 2.76. The molecule has 0 aromatic heterocycles. The smallest absolute Gasteiger partial charge is 0.0528 e. The molecule has 0 spiro atoms. The van der Waals surface area contributed by atoms with E-state index in [9.17, 15) is 0 Å². The van der Waals surface area contributed by atoms with Crippen molar-refractivity contribution in [2.45, 2.75) is 0 Å². The van der Waals surface area contributed by atoms with Gasteiger partial charge in [0.25, 0.3) is 0 Å². The Morgan fingerprint density at radius 3 is 2.75 bits per heavy atom. The zero-order valence-corrected chi connectivity index (χ0v) is 7.19. The molecular formula is C6H6ClI. The summed E-state index contributed by atoms with van der Waals surface area (Å²) in [6.07, 6.45) is 6.24. The lowest BCUT2D eigenvalue weighted by atomic mass is 10.4. The first-order chi connectivity index (χ1) is 3.93. The summed E-state index contributed by atoms with van der Waals surface area (Å²) in [4.78, 5) is 0. The second kappa shape index (κ2) is 3.41. The van der Waals surface area contributed by atoms with Gasteiger partial charge in [0.05, 0.1) is 5.88 Å². The van der Waals surface area contributed by atoms with Gasteiger partial charge in [-0.1, -0.05) is 39.0 Å². The molecule has 44 valence electrons. The van der Waals surface area contributed by atoms with Crippen LogP contribution in [0, 0.1) is 0 Å². The second-order valence-electron chi connectivity index (χ2n) is 1.37. The van der Waals surface area contributed by atoms with E-state index in [-0.39, 0.29) is 20.7 Å². The Balaban J connectivity index is 2.68. The van der Waals surface area contributed by atoms with Crippen molar-refractivity contribution in [2.75, 3.05) is 5.88 Å². The molecule has 0 aliphatic carbocycles. The predicted octanol–water partition coefficient (Wildman–Crippen LogP) is 2.45. The van der Waals surface area contributed by atoms with Crippen LogP contribution in [0.4, 0.5) is 0 Å². The van der Waals surface area contributed by atoms with Gasteiger partial charge < -0.3 is 0 Å². The minimum absolute atomic E-state index is 0.166. The average molecular weight is 240 g/mol. The molecule has 0 amide bonds. The maximum absolute atomic E-state index is 5.59. The fourth-order valence-corrected chi connectivity index (χ4v) is 2.40. The third kappa shape index (κ3) is 1.71. The molecule has 0 fully saturated rings. The largest absolute Gasteiger partial charge is 0.121 e. The topological polar surface area (TPSA) is 0 Å². The second-order valence-corrected chi connectivity index (χ2v) is 4.36. The fraction of sp³-hybridized carbons (Fsp3) is 0.167. The monoisotopic (exact) mass is 240 g/mol. The van der Waals surface area contributed by atoms with Crippen molar-refractivity contribution in [1.82, 2.24) is 0 Å². The molecule has 0 nitrogen and oxygen atoms in total. The van der Waals surface area contributed by atoms with E-state index in [1.807, 2.05) is 6.08 Å². The van der Waals surface area contributed by atoms with Gasteiger partial charge in [-0.2, -0.15) is 0 Å². The van der Waals surface area contributed by atoms with Gasteiger partial charge in [0.1, 0.15) is 0 Å². The van der Waals surface area contributed by atoms with E-state index in [0.29, 0.717) is 5.88 Å². The first-order valence-electron chi connectivity index (χ1n) is 2.32. The molecule has 1 rings (SSSR count). The van der Waals surface area contributed by atoms with Crippen LogP contribution in [-0.2, 0) is 0 Å². The highest BCUT2D eigenvalue weighted by atomic mass is 127. The lowest BCUT2D eigenvalue weighted by Crippen LogP contribution is -1.89. The van der Waals surface area contributed by atoms with E-state index in [0.717, 1.165) is 0 Å². The highest BCUT2D eigenvalue weighted by Gasteiger charge is 1.88. The average Bonchev–Trinajstić information content (AvgIpc) is 1.90. The summed E-state index contributed by atoms with van der Waals surface area (Å²) in [5, 5.41) is 0. The molecule has 0 aromatic rings. The van der Waals surface area contributed by atoms with Gasteiger partial charge in [-0.15, -0.1) is 11.6 Å². The number of allylic oxidation sites excluding steroid dienone is 3. The molecule has 0 bridgehead atoms. The van der Waals surface area contributed by atoms with E-state index in [1.54, 1.807) is 0 Å². The van der Waals surface area contributed by atoms with Crippen LogP contribution in [0.25, 0.3) is 0 Å². The third-order valence-corrected chi connectivity index (χ3v) is 3.85. The van der Waals surface area contributed by atoms with Crippen LogP contribution in [0.3, 0.4) is 0 Å². The van der Waals surface area contributed by atoms with Gasteiger partial charge >= 0.3 is 0 Å². The normalized spacial score (nSPS) is 17.4. The molecule has 1 heterocycles. The summed E-state index contributed by atoms with van der Waals surface area (Å²) in [6, 6.07) is 0. The molecule has 0 N–H and O–H groups in total. The summed E-state index contributed by atoms with van der Waals surface area (Å²) in [5.41, 5.74) is 0. The number of hydrogen-bond acceptors (Lipinski definition) is 0. The van der Waals surface area contributed by atoms with Gasteiger partial charge in [-0.05, 0) is 4.08 Å². The van der Waals surface area contributed by atoms with E-state index >= 15 is 0 Å². The van der Waals surface area contributed by atoms with E-state index in [1.165, 1.54) is 3.51 Å². The van der Waals surface area contributed by atoms with Crippen molar-refractivity contribution in [3.05, 3.63) is 22.3 Å². The SMILES string of the molecule is ClCC1=IC=CC=C1. The Hall–Kier alpha value is 0.370. The minimum atomic E-state index is 0.166. The number of rotatable bonds is 1.